The Kier molecular flexibility index (Phi) is 4.74. The second kappa shape index (κ2) is 5.86. The van der Waals surface area contributed by atoms with E-state index in [9.17, 15) is 18.4 Å². The molecule has 0 saturated carbocycles. The Hall–Kier alpha value is -1.30. The third-order valence-corrected chi connectivity index (χ3v) is 2.42. The van der Waals surface area contributed by atoms with Crippen molar-refractivity contribution < 1.29 is 23.1 Å². The molecule has 1 atom stereocenters. The van der Waals surface area contributed by atoms with E-state index >= 15 is 0 Å². The number of hydrogen-bond acceptors (Lipinski definition) is 3. The standard InChI is InChI=1S/C11H9BrF2O3/c1-6(12)10(16)9-3-2-8(17-11(13)14)4-7(9)5-15/h2-6,11H,1H3. The molecule has 92 valence electrons. The number of aldehydes is 1. The van der Waals surface area contributed by atoms with Crippen molar-refractivity contribution in [2.24, 2.45) is 0 Å². The van der Waals surface area contributed by atoms with E-state index in [1.165, 1.54) is 12.1 Å². The van der Waals surface area contributed by atoms with Gasteiger partial charge in [-0.2, -0.15) is 8.78 Å². The van der Waals surface area contributed by atoms with Gasteiger partial charge in [-0.05, 0) is 25.1 Å². The van der Waals surface area contributed by atoms with Crippen LogP contribution < -0.4 is 4.74 Å². The van der Waals surface area contributed by atoms with Gasteiger partial charge in [-0.15, -0.1) is 0 Å². The number of rotatable bonds is 5. The first-order valence-electron chi connectivity index (χ1n) is 4.68. The zero-order chi connectivity index (χ0) is 13.0. The molecule has 3 nitrogen and oxygen atoms in total. The number of benzene rings is 1. The number of Topliss-reactive ketones (excluding diaryl/α,β-unsaturated/α-hetero) is 1. The third-order valence-electron chi connectivity index (χ3n) is 2.00. The fourth-order valence-electron chi connectivity index (χ4n) is 1.25. The van der Waals surface area contributed by atoms with Crippen LogP contribution in [0.5, 0.6) is 5.75 Å². The monoisotopic (exact) mass is 306 g/mol. The molecule has 0 saturated heterocycles. The molecule has 0 fully saturated rings. The van der Waals surface area contributed by atoms with Crippen molar-refractivity contribution >= 4 is 28.0 Å². The van der Waals surface area contributed by atoms with Gasteiger partial charge in [-0.1, -0.05) is 15.9 Å². The first-order chi connectivity index (χ1) is 7.95. The van der Waals surface area contributed by atoms with Gasteiger partial charge in [0.25, 0.3) is 0 Å². The molecule has 0 aromatic heterocycles. The van der Waals surface area contributed by atoms with Crippen molar-refractivity contribution in [1.82, 2.24) is 0 Å². The Balaban J connectivity index is 3.09. The number of halogens is 3. The van der Waals surface area contributed by atoms with E-state index in [0.29, 0.717) is 6.29 Å². The molecule has 0 amide bonds. The summed E-state index contributed by atoms with van der Waals surface area (Å²) in [6.45, 7) is -1.35. The Bertz CT molecular complexity index is 433. The van der Waals surface area contributed by atoms with E-state index in [2.05, 4.69) is 20.7 Å². The molecule has 1 rings (SSSR count). The Labute approximate surface area is 105 Å². The summed E-state index contributed by atoms with van der Waals surface area (Å²) in [7, 11) is 0. The number of alkyl halides is 3. The highest BCUT2D eigenvalue weighted by atomic mass is 79.9. The lowest BCUT2D eigenvalue weighted by Gasteiger charge is -2.09. The molecule has 0 aliphatic heterocycles. The molecule has 0 radical (unpaired) electrons. The van der Waals surface area contributed by atoms with Gasteiger partial charge in [-0.3, -0.25) is 9.59 Å². The van der Waals surface area contributed by atoms with Crippen molar-refractivity contribution in [2.75, 3.05) is 0 Å². The molecular weight excluding hydrogens is 298 g/mol. The Morgan fingerprint density at radius 2 is 2.12 bits per heavy atom. The lowest BCUT2D eigenvalue weighted by molar-refractivity contribution is -0.0498. The minimum absolute atomic E-state index is 0.0273. The van der Waals surface area contributed by atoms with Crippen LogP contribution in [0.3, 0.4) is 0 Å². The van der Waals surface area contributed by atoms with Crippen LogP contribution in [0.25, 0.3) is 0 Å². The number of hydrogen-bond donors (Lipinski definition) is 0. The van der Waals surface area contributed by atoms with Gasteiger partial charge < -0.3 is 4.74 Å². The predicted molar refractivity (Wildman–Crippen MR) is 61.2 cm³/mol. The minimum atomic E-state index is -2.97. The van der Waals surface area contributed by atoms with E-state index in [0.717, 1.165) is 6.07 Å². The van der Waals surface area contributed by atoms with Crippen LogP contribution in [0.15, 0.2) is 18.2 Å². The summed E-state index contributed by atoms with van der Waals surface area (Å²) in [5.74, 6) is -0.448. The summed E-state index contributed by atoms with van der Waals surface area (Å²) in [5.41, 5.74) is 0.199. The second-order valence-corrected chi connectivity index (χ2v) is 4.60. The predicted octanol–water partition coefficient (Wildman–Crippen LogP) is 3.07. The molecule has 17 heavy (non-hydrogen) atoms. The maximum absolute atomic E-state index is 12.0. The average molecular weight is 307 g/mol. The summed E-state index contributed by atoms with van der Waals surface area (Å²) in [6, 6.07) is 3.63. The van der Waals surface area contributed by atoms with Crippen molar-refractivity contribution in [3.8, 4) is 5.75 Å². The second-order valence-electron chi connectivity index (χ2n) is 3.23. The lowest BCUT2D eigenvalue weighted by atomic mass is 10.0. The highest BCUT2D eigenvalue weighted by molar-refractivity contribution is 9.10. The molecule has 0 N–H and O–H groups in total. The lowest BCUT2D eigenvalue weighted by Crippen LogP contribution is -2.13. The van der Waals surface area contributed by atoms with Gasteiger partial charge in [0.15, 0.2) is 12.1 Å². The van der Waals surface area contributed by atoms with Crippen LogP contribution in [0.2, 0.25) is 0 Å². The van der Waals surface area contributed by atoms with E-state index in [1.54, 1.807) is 6.92 Å². The van der Waals surface area contributed by atoms with E-state index in [4.69, 9.17) is 0 Å². The molecule has 0 aliphatic carbocycles. The molecule has 1 aromatic rings. The quantitative estimate of drug-likeness (QED) is 0.477. The molecule has 1 aromatic carbocycles. The van der Waals surface area contributed by atoms with Gasteiger partial charge in [0.2, 0.25) is 0 Å². The summed E-state index contributed by atoms with van der Waals surface area (Å²) in [4.78, 5) is 22.0. The Morgan fingerprint density at radius 3 is 2.59 bits per heavy atom. The topological polar surface area (TPSA) is 43.4 Å². The first-order valence-corrected chi connectivity index (χ1v) is 5.59. The van der Waals surface area contributed by atoms with E-state index in [1.807, 2.05) is 0 Å². The van der Waals surface area contributed by atoms with Crippen molar-refractivity contribution in [3.63, 3.8) is 0 Å². The first kappa shape index (κ1) is 13.8. The largest absolute Gasteiger partial charge is 0.435 e. The zero-order valence-electron chi connectivity index (χ0n) is 8.82. The summed E-state index contributed by atoms with van der Waals surface area (Å²) in [6.07, 6.45) is 0.431. The molecule has 0 spiro atoms. The number of carbonyl (C=O) groups excluding carboxylic acids is 2. The van der Waals surface area contributed by atoms with Crippen LogP contribution in [0.1, 0.15) is 27.6 Å². The highest BCUT2D eigenvalue weighted by Crippen LogP contribution is 2.21. The number of ether oxygens (including phenoxy) is 1. The van der Waals surface area contributed by atoms with Crippen LogP contribution in [-0.2, 0) is 0 Å². The van der Waals surface area contributed by atoms with E-state index < -0.39 is 11.4 Å². The van der Waals surface area contributed by atoms with Gasteiger partial charge in [0.05, 0.1) is 4.83 Å². The van der Waals surface area contributed by atoms with Gasteiger partial charge >= 0.3 is 6.61 Å². The van der Waals surface area contributed by atoms with Crippen LogP contribution in [0, 0.1) is 0 Å². The van der Waals surface area contributed by atoms with Crippen LogP contribution in [0.4, 0.5) is 8.78 Å². The minimum Gasteiger partial charge on any atom is -0.435 e. The van der Waals surface area contributed by atoms with Gasteiger partial charge in [0, 0.05) is 11.1 Å². The summed E-state index contributed by atoms with van der Waals surface area (Å²) in [5, 5.41) is 0. The van der Waals surface area contributed by atoms with Crippen molar-refractivity contribution in [2.45, 2.75) is 18.4 Å². The molecular formula is C11H9BrF2O3. The van der Waals surface area contributed by atoms with Crippen molar-refractivity contribution in [1.29, 1.82) is 0 Å². The molecule has 6 heteroatoms. The fourth-order valence-corrected chi connectivity index (χ4v) is 1.50. The van der Waals surface area contributed by atoms with Gasteiger partial charge in [0.1, 0.15) is 5.75 Å². The average Bonchev–Trinajstić information content (AvgIpc) is 2.27. The van der Waals surface area contributed by atoms with Gasteiger partial charge in [-0.25, -0.2) is 0 Å². The maximum Gasteiger partial charge on any atom is 0.387 e. The maximum atomic E-state index is 12.0. The highest BCUT2D eigenvalue weighted by Gasteiger charge is 2.17. The smallest absolute Gasteiger partial charge is 0.387 e. The summed E-state index contributed by atoms with van der Waals surface area (Å²) >= 11 is 3.08. The van der Waals surface area contributed by atoms with E-state index in [-0.39, 0.29) is 22.7 Å². The zero-order valence-corrected chi connectivity index (χ0v) is 10.4. The fraction of sp³-hybridized carbons (Fsp3) is 0.273. The molecule has 1 unspecified atom stereocenters. The normalized spacial score (nSPS) is 12.3. The molecule has 0 aliphatic rings. The molecule has 0 bridgehead atoms. The SMILES string of the molecule is CC(Br)C(=O)c1ccc(OC(F)F)cc1C=O. The van der Waals surface area contributed by atoms with Crippen molar-refractivity contribution in [3.05, 3.63) is 29.3 Å². The van der Waals surface area contributed by atoms with Crippen LogP contribution in [-0.4, -0.2) is 23.5 Å². The summed E-state index contributed by atoms with van der Waals surface area (Å²) < 4.78 is 28.1. The number of ketones is 1. The number of carbonyl (C=O) groups is 2. The molecule has 0 heterocycles. The Morgan fingerprint density at radius 1 is 1.47 bits per heavy atom. The van der Waals surface area contributed by atoms with Crippen LogP contribution >= 0.6 is 15.9 Å². The third kappa shape index (κ3) is 3.59.